The van der Waals surface area contributed by atoms with Crippen molar-refractivity contribution in [1.82, 2.24) is 0 Å². The molecule has 1 aliphatic heterocycles. The Kier molecular flexibility index (Phi) is 7.19. The van der Waals surface area contributed by atoms with E-state index in [1.54, 1.807) is 48.5 Å². The van der Waals surface area contributed by atoms with Crippen LogP contribution in [-0.2, 0) is 18.9 Å². The van der Waals surface area contributed by atoms with E-state index in [1.807, 2.05) is 12.1 Å². The van der Waals surface area contributed by atoms with Crippen molar-refractivity contribution in [2.75, 3.05) is 12.4 Å². The van der Waals surface area contributed by atoms with Crippen molar-refractivity contribution in [3.63, 3.8) is 0 Å². The Labute approximate surface area is 171 Å². The summed E-state index contributed by atoms with van der Waals surface area (Å²) in [7, 11) is 1.52. The summed E-state index contributed by atoms with van der Waals surface area (Å²) in [6.07, 6.45) is -2.32. The topological polar surface area (TPSA) is 71.1 Å². The lowest BCUT2D eigenvalue weighted by Crippen LogP contribution is -2.53. The van der Waals surface area contributed by atoms with Crippen LogP contribution in [0.15, 0.2) is 60.7 Å². The van der Waals surface area contributed by atoms with Gasteiger partial charge in [-0.25, -0.2) is 9.59 Å². The predicted molar refractivity (Wildman–Crippen MR) is 105 cm³/mol. The highest BCUT2D eigenvalue weighted by Crippen LogP contribution is 2.28. The molecular formula is C21H21BrO6. The van der Waals surface area contributed by atoms with Crippen LogP contribution >= 0.6 is 15.9 Å². The second-order valence-electron chi connectivity index (χ2n) is 6.28. The Bertz CT molecular complexity index is 782. The molecule has 4 atom stereocenters. The number of hydrogen-bond donors (Lipinski definition) is 0. The molecule has 0 spiro atoms. The number of hydrogen-bond acceptors (Lipinski definition) is 6. The molecule has 1 fully saturated rings. The van der Waals surface area contributed by atoms with Gasteiger partial charge in [0.2, 0.25) is 0 Å². The molecule has 6 nitrogen and oxygen atoms in total. The van der Waals surface area contributed by atoms with Crippen molar-refractivity contribution in [2.45, 2.75) is 31.0 Å². The first-order valence-corrected chi connectivity index (χ1v) is 10.0. The van der Waals surface area contributed by atoms with E-state index in [-0.39, 0.29) is 6.42 Å². The third-order valence-corrected chi connectivity index (χ3v) is 5.06. The van der Waals surface area contributed by atoms with E-state index in [1.165, 1.54) is 7.11 Å². The fourth-order valence-corrected chi connectivity index (χ4v) is 3.50. The number of halogens is 1. The number of esters is 2. The molecule has 1 aliphatic rings. The molecule has 0 saturated carbocycles. The summed E-state index contributed by atoms with van der Waals surface area (Å²) in [5.41, 5.74) is 0.837. The van der Waals surface area contributed by atoms with Gasteiger partial charge in [-0.1, -0.05) is 52.3 Å². The molecule has 148 valence electrons. The second kappa shape index (κ2) is 9.82. The second-order valence-corrected chi connectivity index (χ2v) is 6.92. The van der Waals surface area contributed by atoms with E-state index in [4.69, 9.17) is 18.9 Å². The maximum Gasteiger partial charge on any atom is 0.338 e. The highest BCUT2D eigenvalue weighted by Gasteiger charge is 2.43. The van der Waals surface area contributed by atoms with Crippen LogP contribution in [0.1, 0.15) is 27.1 Å². The smallest absolute Gasteiger partial charge is 0.338 e. The number of methoxy groups -OCH3 is 1. The third kappa shape index (κ3) is 4.98. The van der Waals surface area contributed by atoms with Gasteiger partial charge in [0.25, 0.3) is 0 Å². The van der Waals surface area contributed by atoms with Gasteiger partial charge in [-0.2, -0.15) is 0 Å². The van der Waals surface area contributed by atoms with E-state index >= 15 is 0 Å². The van der Waals surface area contributed by atoms with Crippen molar-refractivity contribution >= 4 is 27.9 Å². The largest absolute Gasteiger partial charge is 0.455 e. The number of benzene rings is 2. The zero-order valence-electron chi connectivity index (χ0n) is 15.3. The Morgan fingerprint density at radius 3 is 2.00 bits per heavy atom. The Morgan fingerprint density at radius 2 is 1.50 bits per heavy atom. The summed E-state index contributed by atoms with van der Waals surface area (Å²) in [6, 6.07) is 17.3. The van der Waals surface area contributed by atoms with Gasteiger partial charge in [-0.15, -0.1) is 0 Å². The SMILES string of the molecule is COC1CC(OC(=O)c2ccccc2)C(OC(=O)c2ccccc2)C(CBr)O1. The number of carbonyl (C=O) groups is 2. The quantitative estimate of drug-likeness (QED) is 0.496. The molecule has 2 aromatic carbocycles. The van der Waals surface area contributed by atoms with Crippen molar-refractivity contribution in [1.29, 1.82) is 0 Å². The lowest BCUT2D eigenvalue weighted by atomic mass is 10.0. The number of carbonyl (C=O) groups excluding carboxylic acids is 2. The van der Waals surface area contributed by atoms with Crippen LogP contribution < -0.4 is 0 Å². The fraction of sp³-hybridized carbons (Fsp3) is 0.333. The van der Waals surface area contributed by atoms with E-state index in [0.717, 1.165) is 0 Å². The first-order chi connectivity index (χ1) is 13.6. The Morgan fingerprint density at radius 1 is 0.964 bits per heavy atom. The standard InChI is InChI=1S/C21H21BrO6/c1-25-18-12-16(27-20(23)14-8-4-2-5-9-14)19(17(13-22)26-18)28-21(24)15-10-6-3-7-11-15/h2-11,16-19H,12-13H2,1H3. The zero-order valence-corrected chi connectivity index (χ0v) is 16.9. The fourth-order valence-electron chi connectivity index (χ4n) is 2.98. The highest BCUT2D eigenvalue weighted by atomic mass is 79.9. The first-order valence-electron chi connectivity index (χ1n) is 8.88. The monoisotopic (exact) mass is 448 g/mol. The lowest BCUT2D eigenvalue weighted by Gasteiger charge is -2.39. The van der Waals surface area contributed by atoms with E-state index < -0.39 is 36.5 Å². The highest BCUT2D eigenvalue weighted by molar-refractivity contribution is 9.09. The minimum Gasteiger partial charge on any atom is -0.455 e. The molecule has 2 aromatic rings. The van der Waals surface area contributed by atoms with Crippen LogP contribution in [0.3, 0.4) is 0 Å². The first kappa shape index (κ1) is 20.5. The van der Waals surface area contributed by atoms with Gasteiger partial charge in [0, 0.05) is 18.9 Å². The molecule has 0 amide bonds. The summed E-state index contributed by atoms with van der Waals surface area (Å²) >= 11 is 3.38. The van der Waals surface area contributed by atoms with Gasteiger partial charge in [-0.3, -0.25) is 0 Å². The van der Waals surface area contributed by atoms with Crippen molar-refractivity contribution in [3.05, 3.63) is 71.8 Å². The summed E-state index contributed by atoms with van der Waals surface area (Å²) in [6.45, 7) is 0. The third-order valence-electron chi connectivity index (χ3n) is 4.42. The van der Waals surface area contributed by atoms with Gasteiger partial charge < -0.3 is 18.9 Å². The van der Waals surface area contributed by atoms with Gasteiger partial charge >= 0.3 is 11.9 Å². The summed E-state index contributed by atoms with van der Waals surface area (Å²) in [5, 5.41) is 0.388. The van der Waals surface area contributed by atoms with E-state index in [2.05, 4.69) is 15.9 Å². The molecular weight excluding hydrogens is 428 g/mol. The number of ether oxygens (including phenoxy) is 4. The molecule has 0 aliphatic carbocycles. The van der Waals surface area contributed by atoms with Crippen molar-refractivity contribution in [3.8, 4) is 0 Å². The van der Waals surface area contributed by atoms with E-state index in [9.17, 15) is 9.59 Å². The van der Waals surface area contributed by atoms with Crippen molar-refractivity contribution < 1.29 is 28.5 Å². The normalized spacial score (nSPS) is 24.4. The Hall–Kier alpha value is -2.22. The maximum atomic E-state index is 12.6. The van der Waals surface area contributed by atoms with Crippen molar-refractivity contribution in [2.24, 2.45) is 0 Å². The van der Waals surface area contributed by atoms with Crippen LogP contribution in [0.25, 0.3) is 0 Å². The lowest BCUT2D eigenvalue weighted by molar-refractivity contribution is -0.235. The van der Waals surface area contributed by atoms with Gasteiger partial charge in [0.1, 0.15) is 12.2 Å². The molecule has 1 heterocycles. The van der Waals surface area contributed by atoms with Crippen LogP contribution in [0.2, 0.25) is 0 Å². The molecule has 0 N–H and O–H groups in total. The van der Waals surface area contributed by atoms with Crippen LogP contribution in [0.4, 0.5) is 0 Å². The maximum absolute atomic E-state index is 12.6. The van der Waals surface area contributed by atoms with Gasteiger partial charge in [0.05, 0.1) is 11.1 Å². The molecule has 0 bridgehead atoms. The molecule has 1 saturated heterocycles. The number of rotatable bonds is 6. The average molecular weight is 449 g/mol. The minimum atomic E-state index is -0.772. The summed E-state index contributed by atoms with van der Waals surface area (Å²) in [4.78, 5) is 25.1. The van der Waals surface area contributed by atoms with Crippen LogP contribution in [0.5, 0.6) is 0 Å². The molecule has 28 heavy (non-hydrogen) atoms. The molecule has 3 rings (SSSR count). The summed E-state index contributed by atoms with van der Waals surface area (Å²) < 4.78 is 22.5. The van der Waals surface area contributed by atoms with Gasteiger partial charge in [-0.05, 0) is 24.3 Å². The summed E-state index contributed by atoms with van der Waals surface area (Å²) in [5.74, 6) is -0.992. The van der Waals surface area contributed by atoms with E-state index in [0.29, 0.717) is 16.5 Å². The number of alkyl halides is 1. The average Bonchev–Trinajstić information content (AvgIpc) is 2.75. The zero-order chi connectivity index (χ0) is 19.9. The van der Waals surface area contributed by atoms with Crippen LogP contribution in [0, 0.1) is 0 Å². The minimum absolute atomic E-state index is 0.255. The molecule has 0 aromatic heterocycles. The van der Waals surface area contributed by atoms with Gasteiger partial charge in [0.15, 0.2) is 12.4 Å². The molecule has 7 heteroatoms. The molecule has 4 unspecified atom stereocenters. The van der Waals surface area contributed by atoms with Crippen LogP contribution in [-0.4, -0.2) is 49.0 Å². The molecule has 0 radical (unpaired) electrons. The Balaban J connectivity index is 1.79. The predicted octanol–water partition coefficient (Wildman–Crippen LogP) is 3.59.